The Morgan fingerprint density at radius 3 is 2.19 bits per heavy atom. The molecule has 0 amide bonds. The first-order valence-corrected chi connectivity index (χ1v) is 8.12. The molecule has 116 valence electrons. The quantitative estimate of drug-likeness (QED) is 0.892. The molecule has 2 rings (SSSR count). The number of carboxylic acids is 1. The molecule has 3 heteroatoms. The lowest BCUT2D eigenvalue weighted by atomic mass is 9.81. The summed E-state index contributed by atoms with van der Waals surface area (Å²) in [4.78, 5) is 13.9. The minimum absolute atomic E-state index is 0.187. The van der Waals surface area contributed by atoms with Gasteiger partial charge in [0.05, 0.1) is 12.0 Å². The van der Waals surface area contributed by atoms with Crippen molar-refractivity contribution in [3.63, 3.8) is 0 Å². The molecule has 0 radical (unpaired) electrons. The Hall–Kier alpha value is -1.35. The maximum Gasteiger partial charge on any atom is 0.305 e. The van der Waals surface area contributed by atoms with E-state index in [9.17, 15) is 9.90 Å². The molecule has 0 spiro atoms. The molecular weight excluding hydrogens is 262 g/mol. The Kier molecular flexibility index (Phi) is 5.40. The Balaban J connectivity index is 2.40. The molecule has 0 saturated carbocycles. The van der Waals surface area contributed by atoms with Gasteiger partial charge in [0, 0.05) is 0 Å². The highest BCUT2D eigenvalue weighted by molar-refractivity contribution is 5.69. The fourth-order valence-electron chi connectivity index (χ4n) is 3.56. The number of aryl methyl sites for hydroxylation is 1. The Morgan fingerprint density at radius 2 is 1.71 bits per heavy atom. The number of carbonyl (C=O) groups is 1. The number of nitrogens with zero attached hydrogens (tertiary/aromatic N) is 1. The van der Waals surface area contributed by atoms with Crippen molar-refractivity contribution in [3.8, 4) is 0 Å². The third-order valence-corrected chi connectivity index (χ3v) is 4.83. The lowest BCUT2D eigenvalue weighted by Gasteiger charge is -2.43. The van der Waals surface area contributed by atoms with E-state index in [4.69, 9.17) is 0 Å². The summed E-state index contributed by atoms with van der Waals surface area (Å²) in [6, 6.07) is 8.43. The SMILES string of the molecule is CCC(CC(=O)O)(c1ccc(C)cc1)N1CCCCCC1. The summed E-state index contributed by atoms with van der Waals surface area (Å²) in [6.07, 6.45) is 5.89. The molecule has 1 aromatic carbocycles. The van der Waals surface area contributed by atoms with Crippen molar-refractivity contribution < 1.29 is 9.90 Å². The summed E-state index contributed by atoms with van der Waals surface area (Å²) >= 11 is 0. The Morgan fingerprint density at radius 1 is 1.14 bits per heavy atom. The van der Waals surface area contributed by atoms with Crippen molar-refractivity contribution in [1.82, 2.24) is 4.90 Å². The van der Waals surface area contributed by atoms with Gasteiger partial charge in [0.2, 0.25) is 0 Å². The van der Waals surface area contributed by atoms with Gasteiger partial charge in [-0.15, -0.1) is 0 Å². The number of rotatable bonds is 5. The van der Waals surface area contributed by atoms with Gasteiger partial charge in [0.15, 0.2) is 0 Å². The van der Waals surface area contributed by atoms with Gasteiger partial charge >= 0.3 is 5.97 Å². The first-order chi connectivity index (χ1) is 10.1. The van der Waals surface area contributed by atoms with E-state index in [0.717, 1.165) is 25.1 Å². The second-order valence-corrected chi connectivity index (χ2v) is 6.22. The normalized spacial score (nSPS) is 19.7. The van der Waals surface area contributed by atoms with E-state index in [2.05, 4.69) is 43.0 Å². The molecule has 3 nitrogen and oxygen atoms in total. The van der Waals surface area contributed by atoms with Crippen molar-refractivity contribution in [3.05, 3.63) is 35.4 Å². The number of benzene rings is 1. The minimum atomic E-state index is -0.707. The van der Waals surface area contributed by atoms with Crippen LogP contribution in [0.1, 0.15) is 56.6 Å². The van der Waals surface area contributed by atoms with E-state index in [1.54, 1.807) is 0 Å². The molecular formula is C18H27NO2. The average molecular weight is 289 g/mol. The smallest absolute Gasteiger partial charge is 0.305 e. The van der Waals surface area contributed by atoms with Gasteiger partial charge in [0.25, 0.3) is 0 Å². The summed E-state index contributed by atoms with van der Waals surface area (Å²) in [5.74, 6) is -0.707. The predicted octanol–water partition coefficient (Wildman–Crippen LogP) is 3.95. The van der Waals surface area contributed by atoms with Gasteiger partial charge in [-0.1, -0.05) is 49.6 Å². The number of carboxylic acid groups (broad SMARTS) is 1. The fourth-order valence-corrected chi connectivity index (χ4v) is 3.56. The van der Waals surface area contributed by atoms with Crippen LogP contribution in [0.3, 0.4) is 0 Å². The van der Waals surface area contributed by atoms with Crippen LogP contribution in [0.2, 0.25) is 0 Å². The van der Waals surface area contributed by atoms with E-state index in [-0.39, 0.29) is 12.0 Å². The largest absolute Gasteiger partial charge is 0.481 e. The van der Waals surface area contributed by atoms with Crippen LogP contribution in [0.25, 0.3) is 0 Å². The number of hydrogen-bond donors (Lipinski definition) is 1. The summed E-state index contributed by atoms with van der Waals surface area (Å²) in [5, 5.41) is 9.47. The van der Waals surface area contributed by atoms with E-state index in [0.29, 0.717) is 0 Å². The maximum atomic E-state index is 11.5. The monoisotopic (exact) mass is 289 g/mol. The summed E-state index contributed by atoms with van der Waals surface area (Å²) in [5.41, 5.74) is 2.01. The van der Waals surface area contributed by atoms with E-state index < -0.39 is 5.97 Å². The van der Waals surface area contributed by atoms with Gasteiger partial charge < -0.3 is 5.11 Å². The van der Waals surface area contributed by atoms with Crippen LogP contribution >= 0.6 is 0 Å². The Bertz CT molecular complexity index is 461. The van der Waals surface area contributed by atoms with Crippen LogP contribution in [-0.4, -0.2) is 29.1 Å². The third kappa shape index (κ3) is 3.65. The molecule has 1 N–H and O–H groups in total. The second kappa shape index (κ2) is 7.08. The first-order valence-electron chi connectivity index (χ1n) is 8.12. The van der Waals surface area contributed by atoms with Gasteiger partial charge in [0.1, 0.15) is 0 Å². The molecule has 21 heavy (non-hydrogen) atoms. The first kappa shape index (κ1) is 16.0. The van der Waals surface area contributed by atoms with Gasteiger partial charge in [-0.3, -0.25) is 9.69 Å². The van der Waals surface area contributed by atoms with Crippen molar-refractivity contribution in [1.29, 1.82) is 0 Å². The van der Waals surface area contributed by atoms with Crippen LogP contribution in [0.4, 0.5) is 0 Å². The third-order valence-electron chi connectivity index (χ3n) is 4.83. The molecule has 1 aliphatic heterocycles. The second-order valence-electron chi connectivity index (χ2n) is 6.22. The highest BCUT2D eigenvalue weighted by Gasteiger charge is 2.39. The van der Waals surface area contributed by atoms with Crippen LogP contribution in [-0.2, 0) is 10.3 Å². The van der Waals surface area contributed by atoms with Crippen molar-refractivity contribution in [2.24, 2.45) is 0 Å². The average Bonchev–Trinajstić information content (AvgIpc) is 2.75. The maximum absolute atomic E-state index is 11.5. The van der Waals surface area contributed by atoms with Crippen LogP contribution in [0, 0.1) is 6.92 Å². The molecule has 1 heterocycles. The highest BCUT2D eigenvalue weighted by Crippen LogP contribution is 2.37. The predicted molar refractivity (Wildman–Crippen MR) is 85.4 cm³/mol. The molecule has 1 atom stereocenters. The van der Waals surface area contributed by atoms with Crippen molar-refractivity contribution in [2.45, 2.75) is 57.9 Å². The van der Waals surface area contributed by atoms with Crippen LogP contribution in [0.5, 0.6) is 0 Å². The number of likely N-dealkylation sites (tertiary alicyclic amines) is 1. The van der Waals surface area contributed by atoms with E-state index in [1.807, 2.05) is 0 Å². The molecule has 1 saturated heterocycles. The minimum Gasteiger partial charge on any atom is -0.481 e. The molecule has 1 unspecified atom stereocenters. The highest BCUT2D eigenvalue weighted by atomic mass is 16.4. The van der Waals surface area contributed by atoms with Gasteiger partial charge in [-0.05, 0) is 44.8 Å². The van der Waals surface area contributed by atoms with E-state index >= 15 is 0 Å². The zero-order valence-electron chi connectivity index (χ0n) is 13.3. The summed E-state index contributed by atoms with van der Waals surface area (Å²) in [6.45, 7) is 6.21. The van der Waals surface area contributed by atoms with Gasteiger partial charge in [-0.2, -0.15) is 0 Å². The molecule has 0 aromatic heterocycles. The summed E-state index contributed by atoms with van der Waals surface area (Å²) in [7, 11) is 0. The lowest BCUT2D eigenvalue weighted by Crippen LogP contribution is -2.47. The van der Waals surface area contributed by atoms with Crippen molar-refractivity contribution in [2.75, 3.05) is 13.1 Å². The van der Waals surface area contributed by atoms with Crippen LogP contribution < -0.4 is 0 Å². The van der Waals surface area contributed by atoms with Crippen LogP contribution in [0.15, 0.2) is 24.3 Å². The van der Waals surface area contributed by atoms with Crippen molar-refractivity contribution >= 4 is 5.97 Å². The zero-order chi connectivity index (χ0) is 15.3. The lowest BCUT2D eigenvalue weighted by molar-refractivity contribution is -0.141. The fraction of sp³-hybridized carbons (Fsp3) is 0.611. The summed E-state index contributed by atoms with van der Waals surface area (Å²) < 4.78 is 0. The van der Waals surface area contributed by atoms with Gasteiger partial charge in [-0.25, -0.2) is 0 Å². The molecule has 1 fully saturated rings. The molecule has 0 aliphatic carbocycles. The standard InChI is InChI=1S/C18H27NO2/c1-3-18(14-17(20)21,16-10-8-15(2)9-11-16)19-12-6-4-5-7-13-19/h8-11H,3-7,12-14H2,1-2H3,(H,20,21). The number of aliphatic carboxylic acids is 1. The topological polar surface area (TPSA) is 40.5 Å². The molecule has 1 aromatic rings. The van der Waals surface area contributed by atoms with E-state index in [1.165, 1.54) is 31.2 Å². The number of hydrogen-bond acceptors (Lipinski definition) is 2. The Labute approximate surface area is 128 Å². The molecule has 0 bridgehead atoms. The molecule has 1 aliphatic rings. The zero-order valence-corrected chi connectivity index (χ0v) is 13.3.